The SMILES string of the molecule is Nc1ccc(CC2CCN(CC3COC(=O)N3c3ccc(Cl)cc3)CC2)cc1. The predicted molar refractivity (Wildman–Crippen MR) is 113 cm³/mol. The van der Waals surface area contributed by atoms with Crippen molar-refractivity contribution in [3.8, 4) is 0 Å². The molecule has 2 aliphatic rings. The number of rotatable bonds is 5. The number of cyclic esters (lactones) is 1. The van der Waals surface area contributed by atoms with Gasteiger partial charge in [-0.2, -0.15) is 0 Å². The summed E-state index contributed by atoms with van der Waals surface area (Å²) in [5, 5.41) is 0.663. The van der Waals surface area contributed by atoms with E-state index in [1.807, 2.05) is 36.4 Å². The van der Waals surface area contributed by atoms with E-state index in [0.29, 0.717) is 17.5 Å². The molecule has 0 radical (unpaired) electrons. The molecule has 1 unspecified atom stereocenters. The summed E-state index contributed by atoms with van der Waals surface area (Å²) in [6.07, 6.45) is 3.18. The number of hydrogen-bond donors (Lipinski definition) is 1. The summed E-state index contributed by atoms with van der Waals surface area (Å²) >= 11 is 5.98. The van der Waals surface area contributed by atoms with Gasteiger partial charge >= 0.3 is 6.09 Å². The lowest BCUT2D eigenvalue weighted by Gasteiger charge is -2.34. The van der Waals surface area contributed by atoms with E-state index in [1.54, 1.807) is 4.90 Å². The van der Waals surface area contributed by atoms with Crippen molar-refractivity contribution in [1.82, 2.24) is 4.90 Å². The Morgan fingerprint density at radius 3 is 2.39 bits per heavy atom. The zero-order chi connectivity index (χ0) is 19.5. The summed E-state index contributed by atoms with van der Waals surface area (Å²) in [5.41, 5.74) is 8.79. The van der Waals surface area contributed by atoms with Crippen LogP contribution in [0.25, 0.3) is 0 Å². The van der Waals surface area contributed by atoms with Gasteiger partial charge in [0.25, 0.3) is 0 Å². The number of piperidine rings is 1. The second-order valence-electron chi connectivity index (χ2n) is 7.77. The molecule has 2 fully saturated rings. The maximum atomic E-state index is 12.2. The molecule has 0 bridgehead atoms. The Morgan fingerprint density at radius 1 is 1.04 bits per heavy atom. The Hall–Kier alpha value is -2.24. The zero-order valence-corrected chi connectivity index (χ0v) is 16.6. The molecule has 148 valence electrons. The number of carbonyl (C=O) groups excluding carboxylic acids is 1. The van der Waals surface area contributed by atoms with Crippen molar-refractivity contribution in [2.45, 2.75) is 25.3 Å². The molecular weight excluding hydrogens is 374 g/mol. The van der Waals surface area contributed by atoms with Gasteiger partial charge in [-0.1, -0.05) is 23.7 Å². The summed E-state index contributed by atoms with van der Waals surface area (Å²) in [5.74, 6) is 0.703. The highest BCUT2D eigenvalue weighted by molar-refractivity contribution is 6.30. The van der Waals surface area contributed by atoms with E-state index in [0.717, 1.165) is 37.4 Å². The predicted octanol–water partition coefficient (Wildman–Crippen LogP) is 4.20. The number of halogens is 1. The monoisotopic (exact) mass is 399 g/mol. The Labute approximate surface area is 171 Å². The van der Waals surface area contributed by atoms with E-state index in [-0.39, 0.29) is 12.1 Å². The fourth-order valence-electron chi connectivity index (χ4n) is 4.17. The molecule has 2 aromatic rings. The molecule has 4 rings (SSSR count). The lowest BCUT2D eigenvalue weighted by molar-refractivity contribution is 0.160. The third kappa shape index (κ3) is 4.42. The first-order valence-electron chi connectivity index (χ1n) is 9.87. The van der Waals surface area contributed by atoms with Gasteiger partial charge in [0.15, 0.2) is 0 Å². The number of ether oxygens (including phenoxy) is 1. The van der Waals surface area contributed by atoms with Crippen molar-refractivity contribution < 1.29 is 9.53 Å². The number of nitrogen functional groups attached to an aromatic ring is 1. The van der Waals surface area contributed by atoms with Crippen molar-refractivity contribution in [2.75, 3.05) is 36.9 Å². The Kier molecular flexibility index (Phi) is 5.74. The van der Waals surface area contributed by atoms with Crippen LogP contribution in [0.2, 0.25) is 5.02 Å². The standard InChI is InChI=1S/C22H26ClN3O2/c23-18-3-7-20(8-4-18)26-21(15-28-22(26)27)14-25-11-9-17(10-12-25)13-16-1-5-19(24)6-2-16/h1-8,17,21H,9-15,24H2. The summed E-state index contributed by atoms with van der Waals surface area (Å²) in [6.45, 7) is 3.38. The second-order valence-corrected chi connectivity index (χ2v) is 8.20. The minimum Gasteiger partial charge on any atom is -0.447 e. The first-order valence-corrected chi connectivity index (χ1v) is 10.2. The summed E-state index contributed by atoms with van der Waals surface area (Å²) in [4.78, 5) is 16.4. The second kappa shape index (κ2) is 8.41. The summed E-state index contributed by atoms with van der Waals surface area (Å²) < 4.78 is 5.33. The lowest BCUT2D eigenvalue weighted by Crippen LogP contribution is -2.45. The third-order valence-electron chi connectivity index (χ3n) is 5.75. The Bertz CT molecular complexity index is 802. The van der Waals surface area contributed by atoms with Crippen LogP contribution < -0.4 is 10.6 Å². The van der Waals surface area contributed by atoms with Crippen LogP contribution in [-0.2, 0) is 11.2 Å². The Morgan fingerprint density at radius 2 is 1.71 bits per heavy atom. The number of hydrogen-bond acceptors (Lipinski definition) is 4. The average Bonchev–Trinajstić information content (AvgIpc) is 3.06. The van der Waals surface area contributed by atoms with E-state index in [1.165, 1.54) is 18.4 Å². The van der Waals surface area contributed by atoms with E-state index in [4.69, 9.17) is 22.1 Å². The van der Waals surface area contributed by atoms with Crippen LogP contribution in [0.5, 0.6) is 0 Å². The first-order chi connectivity index (χ1) is 13.6. The fraction of sp³-hybridized carbons (Fsp3) is 0.409. The molecule has 6 heteroatoms. The minimum absolute atomic E-state index is 0.0438. The lowest BCUT2D eigenvalue weighted by atomic mass is 9.90. The van der Waals surface area contributed by atoms with Gasteiger partial charge in [0.05, 0.1) is 6.04 Å². The van der Waals surface area contributed by atoms with E-state index < -0.39 is 0 Å². The molecule has 2 N–H and O–H groups in total. The zero-order valence-electron chi connectivity index (χ0n) is 15.9. The molecule has 2 aromatic carbocycles. The third-order valence-corrected chi connectivity index (χ3v) is 6.00. The number of nitrogens with zero attached hydrogens (tertiary/aromatic N) is 2. The molecule has 0 saturated carbocycles. The van der Waals surface area contributed by atoms with Crippen LogP contribution in [0, 0.1) is 5.92 Å². The van der Waals surface area contributed by atoms with Gasteiger partial charge in [0.2, 0.25) is 0 Å². The number of amides is 1. The van der Waals surface area contributed by atoms with Crippen LogP contribution in [0.15, 0.2) is 48.5 Å². The largest absolute Gasteiger partial charge is 0.447 e. The summed E-state index contributed by atoms with van der Waals surface area (Å²) in [6, 6.07) is 15.6. The first kappa shape index (κ1) is 19.1. The van der Waals surface area contributed by atoms with Gasteiger partial charge in [0.1, 0.15) is 6.61 Å². The van der Waals surface area contributed by atoms with Crippen LogP contribution in [0.1, 0.15) is 18.4 Å². The van der Waals surface area contributed by atoms with E-state index >= 15 is 0 Å². The molecule has 2 aliphatic heterocycles. The van der Waals surface area contributed by atoms with Crippen molar-refractivity contribution in [2.24, 2.45) is 5.92 Å². The van der Waals surface area contributed by atoms with E-state index in [2.05, 4.69) is 17.0 Å². The normalized spacial score (nSPS) is 21.1. The van der Waals surface area contributed by atoms with Gasteiger partial charge in [0, 0.05) is 22.9 Å². The highest BCUT2D eigenvalue weighted by atomic mass is 35.5. The van der Waals surface area contributed by atoms with Gasteiger partial charge in [-0.05, 0) is 80.2 Å². The molecular formula is C22H26ClN3O2. The highest BCUT2D eigenvalue weighted by Gasteiger charge is 2.36. The van der Waals surface area contributed by atoms with Gasteiger partial charge in [-0.15, -0.1) is 0 Å². The van der Waals surface area contributed by atoms with E-state index in [9.17, 15) is 4.79 Å². The quantitative estimate of drug-likeness (QED) is 0.765. The molecule has 2 heterocycles. The average molecular weight is 400 g/mol. The topological polar surface area (TPSA) is 58.8 Å². The van der Waals surface area contributed by atoms with Crippen molar-refractivity contribution in [3.05, 3.63) is 59.1 Å². The molecule has 5 nitrogen and oxygen atoms in total. The smallest absolute Gasteiger partial charge is 0.414 e. The Balaban J connectivity index is 1.31. The molecule has 2 saturated heterocycles. The highest BCUT2D eigenvalue weighted by Crippen LogP contribution is 2.27. The summed E-state index contributed by atoms with van der Waals surface area (Å²) in [7, 11) is 0. The van der Waals surface area contributed by atoms with Gasteiger partial charge in [-0.3, -0.25) is 4.90 Å². The van der Waals surface area contributed by atoms with Crippen LogP contribution >= 0.6 is 11.6 Å². The minimum atomic E-state index is -0.273. The van der Waals surface area contributed by atoms with Crippen molar-refractivity contribution in [3.63, 3.8) is 0 Å². The van der Waals surface area contributed by atoms with Gasteiger partial charge < -0.3 is 15.4 Å². The van der Waals surface area contributed by atoms with Crippen LogP contribution in [0.4, 0.5) is 16.2 Å². The fourth-order valence-corrected chi connectivity index (χ4v) is 4.30. The number of benzene rings is 2. The molecule has 0 spiro atoms. The molecule has 0 aliphatic carbocycles. The number of likely N-dealkylation sites (tertiary alicyclic amines) is 1. The van der Waals surface area contributed by atoms with Crippen molar-refractivity contribution in [1.29, 1.82) is 0 Å². The maximum absolute atomic E-state index is 12.2. The molecule has 28 heavy (non-hydrogen) atoms. The van der Waals surface area contributed by atoms with Crippen LogP contribution in [-0.4, -0.2) is 43.3 Å². The molecule has 0 aromatic heterocycles. The van der Waals surface area contributed by atoms with Crippen molar-refractivity contribution >= 4 is 29.1 Å². The molecule has 1 atom stereocenters. The number of anilines is 2. The maximum Gasteiger partial charge on any atom is 0.414 e. The number of carbonyl (C=O) groups is 1. The van der Waals surface area contributed by atoms with Gasteiger partial charge in [-0.25, -0.2) is 4.79 Å². The van der Waals surface area contributed by atoms with Crippen LogP contribution in [0.3, 0.4) is 0 Å². The molecule has 1 amide bonds. The number of nitrogens with two attached hydrogens (primary N) is 1.